The van der Waals surface area contributed by atoms with Crippen LogP contribution < -0.4 is 0 Å². The zero-order valence-corrected chi connectivity index (χ0v) is 21.3. The van der Waals surface area contributed by atoms with Gasteiger partial charge in [-0.1, -0.05) is 48.9 Å². The molecule has 0 bridgehead atoms. The van der Waals surface area contributed by atoms with Crippen LogP contribution in [0.2, 0.25) is 0 Å². The first-order valence-electron chi connectivity index (χ1n) is 13.2. The van der Waals surface area contributed by atoms with Crippen LogP contribution in [0.4, 0.5) is 0 Å². The molecule has 5 rings (SSSR count). The van der Waals surface area contributed by atoms with Gasteiger partial charge in [0.25, 0.3) is 0 Å². The highest BCUT2D eigenvalue weighted by atomic mass is 32.2. The van der Waals surface area contributed by atoms with E-state index in [0.717, 1.165) is 63.8 Å². The molecule has 2 unspecified atom stereocenters. The number of likely N-dealkylation sites (tertiary alicyclic amines) is 2. The second-order valence-corrected chi connectivity index (χ2v) is 12.1. The molecule has 2 atom stereocenters. The largest absolute Gasteiger partial charge is 0.334 e. The first-order valence-corrected chi connectivity index (χ1v) is 14.7. The van der Waals surface area contributed by atoms with Crippen LogP contribution in [-0.2, 0) is 14.8 Å². The van der Waals surface area contributed by atoms with E-state index >= 15 is 0 Å². The van der Waals surface area contributed by atoms with Gasteiger partial charge in [-0.05, 0) is 74.9 Å². The Morgan fingerprint density at radius 3 is 2.23 bits per heavy atom. The number of sulfonamides is 1. The van der Waals surface area contributed by atoms with E-state index in [0.29, 0.717) is 18.0 Å². The smallest absolute Gasteiger partial charge is 0.243 e. The number of rotatable bonds is 7. The Morgan fingerprint density at radius 2 is 1.49 bits per heavy atom. The molecule has 1 amide bonds. The van der Waals surface area contributed by atoms with Crippen molar-refractivity contribution in [1.82, 2.24) is 14.1 Å². The van der Waals surface area contributed by atoms with Crippen LogP contribution in [0.25, 0.3) is 0 Å². The Balaban J connectivity index is 1.44. The maximum absolute atomic E-state index is 14.1. The molecule has 0 radical (unpaired) electrons. The van der Waals surface area contributed by atoms with Crippen LogP contribution in [0.5, 0.6) is 0 Å². The van der Waals surface area contributed by atoms with Gasteiger partial charge in [-0.3, -0.25) is 4.79 Å². The minimum atomic E-state index is -3.51. The maximum atomic E-state index is 14.1. The molecule has 3 heterocycles. The van der Waals surface area contributed by atoms with Crippen LogP contribution in [-0.4, -0.2) is 67.7 Å². The highest BCUT2D eigenvalue weighted by Crippen LogP contribution is 2.35. The molecule has 6 nitrogen and oxygen atoms in total. The summed E-state index contributed by atoms with van der Waals surface area (Å²) in [6, 6.07) is 17.6. The van der Waals surface area contributed by atoms with Crippen molar-refractivity contribution in [2.75, 3.05) is 39.3 Å². The van der Waals surface area contributed by atoms with E-state index in [2.05, 4.69) is 34.1 Å². The van der Waals surface area contributed by atoms with Crippen molar-refractivity contribution in [2.45, 2.75) is 61.8 Å². The summed E-state index contributed by atoms with van der Waals surface area (Å²) in [4.78, 5) is 19.0. The Morgan fingerprint density at radius 1 is 0.800 bits per heavy atom. The fourth-order valence-electron chi connectivity index (χ4n) is 5.92. The number of carbonyl (C=O) groups excluding carboxylic acids is 1. The topological polar surface area (TPSA) is 60.9 Å². The normalized spacial score (nSPS) is 23.5. The molecule has 7 heteroatoms. The number of nitrogens with zero attached hydrogens (tertiary/aromatic N) is 3. The van der Waals surface area contributed by atoms with E-state index in [1.165, 1.54) is 18.4 Å². The number of carbonyl (C=O) groups is 1. The number of amides is 1. The minimum Gasteiger partial charge on any atom is -0.334 e. The second kappa shape index (κ2) is 10.8. The van der Waals surface area contributed by atoms with Gasteiger partial charge < -0.3 is 9.80 Å². The average molecular weight is 496 g/mol. The van der Waals surface area contributed by atoms with Gasteiger partial charge in [0.05, 0.1) is 16.9 Å². The number of hydrogen-bond acceptors (Lipinski definition) is 4. The first kappa shape index (κ1) is 24.5. The molecule has 0 aliphatic carbocycles. The zero-order chi connectivity index (χ0) is 24.3. The molecule has 188 valence electrons. The third-order valence-corrected chi connectivity index (χ3v) is 9.77. The minimum absolute atomic E-state index is 0.0129. The lowest BCUT2D eigenvalue weighted by molar-refractivity contribution is -0.135. The van der Waals surface area contributed by atoms with Gasteiger partial charge in [-0.2, -0.15) is 4.31 Å². The number of benzene rings is 2. The predicted octanol–water partition coefficient (Wildman–Crippen LogP) is 4.40. The third-order valence-electron chi connectivity index (χ3n) is 7.88. The Hall–Kier alpha value is -2.22. The summed E-state index contributed by atoms with van der Waals surface area (Å²) in [5.41, 5.74) is 2.01. The SMILES string of the molecule is O=C1C(c2cccc(S(=O)(=O)N3CCCC3)c2)CCCCN1C(CN1CCCC1)c1ccccc1. The van der Waals surface area contributed by atoms with Gasteiger partial charge >= 0.3 is 0 Å². The molecule has 0 aromatic heterocycles. The molecular weight excluding hydrogens is 458 g/mol. The molecule has 3 aliphatic heterocycles. The lowest BCUT2D eigenvalue weighted by atomic mass is 9.93. The standard InChI is InChI=1S/C28H37N3O3S/c32-28-26(24-13-10-14-25(21-24)35(33,34)30-18-8-9-19-30)15-4-5-20-31(28)27(22-29-16-6-7-17-29)23-11-2-1-3-12-23/h1-3,10-14,21,26-27H,4-9,15-20,22H2. The third kappa shape index (κ3) is 5.32. The predicted molar refractivity (Wildman–Crippen MR) is 138 cm³/mol. The summed E-state index contributed by atoms with van der Waals surface area (Å²) < 4.78 is 28.0. The Labute approximate surface area is 210 Å². The number of hydrogen-bond donors (Lipinski definition) is 0. The maximum Gasteiger partial charge on any atom is 0.243 e. The summed E-state index contributed by atoms with van der Waals surface area (Å²) in [6.07, 6.45) is 6.94. The van der Waals surface area contributed by atoms with Gasteiger partial charge in [0, 0.05) is 26.2 Å². The molecule has 3 saturated heterocycles. The van der Waals surface area contributed by atoms with Crippen molar-refractivity contribution >= 4 is 15.9 Å². The van der Waals surface area contributed by atoms with Crippen molar-refractivity contribution in [3.05, 3.63) is 65.7 Å². The summed E-state index contributed by atoms with van der Waals surface area (Å²) in [5.74, 6) is -0.178. The van der Waals surface area contributed by atoms with Gasteiger partial charge in [0.2, 0.25) is 15.9 Å². The quantitative estimate of drug-likeness (QED) is 0.571. The highest BCUT2D eigenvalue weighted by Gasteiger charge is 2.35. The fourth-order valence-corrected chi connectivity index (χ4v) is 7.49. The second-order valence-electron chi connectivity index (χ2n) is 10.2. The monoisotopic (exact) mass is 495 g/mol. The highest BCUT2D eigenvalue weighted by molar-refractivity contribution is 7.89. The van der Waals surface area contributed by atoms with E-state index in [4.69, 9.17) is 0 Å². The summed E-state index contributed by atoms with van der Waals surface area (Å²) in [7, 11) is -3.51. The molecule has 0 saturated carbocycles. The molecule has 2 aromatic carbocycles. The fraction of sp³-hybridized carbons (Fsp3) is 0.536. The van der Waals surface area contributed by atoms with Crippen LogP contribution in [0.1, 0.15) is 68.0 Å². The van der Waals surface area contributed by atoms with E-state index in [1.807, 2.05) is 12.1 Å². The molecule has 35 heavy (non-hydrogen) atoms. The van der Waals surface area contributed by atoms with Gasteiger partial charge in [0.1, 0.15) is 0 Å². The van der Waals surface area contributed by atoms with Crippen molar-refractivity contribution < 1.29 is 13.2 Å². The Kier molecular flexibility index (Phi) is 7.56. The van der Waals surface area contributed by atoms with Gasteiger partial charge in [0.15, 0.2) is 0 Å². The van der Waals surface area contributed by atoms with E-state index < -0.39 is 10.0 Å². The molecular formula is C28H37N3O3S. The van der Waals surface area contributed by atoms with Gasteiger partial charge in [-0.15, -0.1) is 0 Å². The van der Waals surface area contributed by atoms with E-state index in [1.54, 1.807) is 22.5 Å². The van der Waals surface area contributed by atoms with Crippen LogP contribution in [0, 0.1) is 0 Å². The van der Waals surface area contributed by atoms with Crippen LogP contribution in [0.3, 0.4) is 0 Å². The van der Waals surface area contributed by atoms with Crippen LogP contribution in [0.15, 0.2) is 59.5 Å². The van der Waals surface area contributed by atoms with E-state index in [-0.39, 0.29) is 17.9 Å². The first-order chi connectivity index (χ1) is 17.0. The summed E-state index contributed by atoms with van der Waals surface area (Å²) in [5, 5.41) is 0. The Bertz CT molecular complexity index is 1110. The lowest BCUT2D eigenvalue weighted by Gasteiger charge is -2.36. The van der Waals surface area contributed by atoms with Crippen molar-refractivity contribution in [2.24, 2.45) is 0 Å². The summed E-state index contributed by atoms with van der Waals surface area (Å²) in [6.45, 7) is 4.94. The molecule has 0 spiro atoms. The van der Waals surface area contributed by atoms with E-state index in [9.17, 15) is 13.2 Å². The summed E-state index contributed by atoms with van der Waals surface area (Å²) >= 11 is 0. The molecule has 3 fully saturated rings. The lowest BCUT2D eigenvalue weighted by Crippen LogP contribution is -2.42. The average Bonchev–Trinajstić information content (AvgIpc) is 3.58. The molecule has 0 N–H and O–H groups in total. The van der Waals surface area contributed by atoms with Crippen LogP contribution >= 0.6 is 0 Å². The molecule has 2 aromatic rings. The zero-order valence-electron chi connectivity index (χ0n) is 20.5. The molecule has 3 aliphatic rings. The van der Waals surface area contributed by atoms with Crippen molar-refractivity contribution in [3.63, 3.8) is 0 Å². The van der Waals surface area contributed by atoms with Gasteiger partial charge in [-0.25, -0.2) is 8.42 Å². The van der Waals surface area contributed by atoms with Crippen molar-refractivity contribution in [3.8, 4) is 0 Å². The van der Waals surface area contributed by atoms with Crippen molar-refractivity contribution in [1.29, 1.82) is 0 Å².